The fourth-order valence-corrected chi connectivity index (χ4v) is 3.35. The van der Waals surface area contributed by atoms with Crippen molar-refractivity contribution in [3.8, 4) is 11.5 Å². The van der Waals surface area contributed by atoms with Gasteiger partial charge in [-0.2, -0.15) is 17.5 Å². The van der Waals surface area contributed by atoms with Gasteiger partial charge >= 0.3 is 6.18 Å². The minimum absolute atomic E-state index is 0.129. The first-order chi connectivity index (χ1) is 10.8. The third kappa shape index (κ3) is 3.12. The molecule has 0 radical (unpaired) electrons. The molecule has 2 aromatic heterocycles. The van der Waals surface area contributed by atoms with Crippen LogP contribution in [0.25, 0.3) is 11.5 Å². The number of alkyl halides is 3. The molecule has 0 aromatic carbocycles. The Labute approximate surface area is 128 Å². The normalized spacial score (nSPS) is 17.5. The lowest BCUT2D eigenvalue weighted by molar-refractivity contribution is -0.155. The maximum atomic E-state index is 12.5. The molecule has 0 atom stereocenters. The van der Waals surface area contributed by atoms with E-state index < -0.39 is 22.0 Å². The molecule has 0 spiro atoms. The molecule has 2 aromatic rings. The van der Waals surface area contributed by atoms with E-state index in [-0.39, 0.29) is 42.8 Å². The Morgan fingerprint density at radius 1 is 1.17 bits per heavy atom. The van der Waals surface area contributed by atoms with Crippen LogP contribution < -0.4 is 0 Å². The lowest BCUT2D eigenvalue weighted by Gasteiger charge is -2.24. The highest BCUT2D eigenvalue weighted by Crippen LogP contribution is 2.33. The van der Waals surface area contributed by atoms with Crippen LogP contribution in [0.4, 0.5) is 13.2 Å². The van der Waals surface area contributed by atoms with E-state index in [1.54, 1.807) is 0 Å². The van der Waals surface area contributed by atoms with Crippen molar-refractivity contribution >= 4 is 10.0 Å². The highest BCUT2D eigenvalue weighted by molar-refractivity contribution is 7.89. The lowest BCUT2D eigenvalue weighted by atomic mass is 10.3. The first kappa shape index (κ1) is 16.0. The Morgan fingerprint density at radius 2 is 1.87 bits per heavy atom. The van der Waals surface area contributed by atoms with E-state index in [1.165, 1.54) is 16.4 Å². The number of aromatic nitrogens is 1. The SMILES string of the molecule is O=S(=O)(c1ccc(-c2cc(C(F)(F)F)on2)o1)N1CCOCC1. The molecule has 0 bridgehead atoms. The standard InChI is InChI=1S/C12H11F3N2O5S/c13-12(14,15)10-7-8(16-22-10)9-1-2-11(21-9)23(18,19)17-3-5-20-6-4-17/h1-2,7H,3-6H2. The third-order valence-corrected chi connectivity index (χ3v) is 4.96. The molecule has 0 unspecified atom stereocenters. The summed E-state index contributed by atoms with van der Waals surface area (Å²) in [5.74, 6) is -1.42. The Bertz CT molecular complexity index is 790. The predicted molar refractivity (Wildman–Crippen MR) is 68.8 cm³/mol. The molecule has 0 saturated carbocycles. The molecule has 7 nitrogen and oxygen atoms in total. The Morgan fingerprint density at radius 3 is 2.48 bits per heavy atom. The number of nitrogens with zero attached hydrogens (tertiary/aromatic N) is 2. The van der Waals surface area contributed by atoms with Gasteiger partial charge in [0, 0.05) is 19.2 Å². The summed E-state index contributed by atoms with van der Waals surface area (Å²) in [6.07, 6.45) is -4.68. The van der Waals surface area contributed by atoms with Crippen molar-refractivity contribution in [1.29, 1.82) is 0 Å². The topological polar surface area (TPSA) is 85.8 Å². The summed E-state index contributed by atoms with van der Waals surface area (Å²) in [4.78, 5) is 0. The van der Waals surface area contributed by atoms with Crippen molar-refractivity contribution in [3.63, 3.8) is 0 Å². The second-order valence-corrected chi connectivity index (χ2v) is 6.58. The van der Waals surface area contributed by atoms with E-state index in [0.717, 1.165) is 0 Å². The van der Waals surface area contributed by atoms with Crippen molar-refractivity contribution in [2.24, 2.45) is 0 Å². The van der Waals surface area contributed by atoms with Gasteiger partial charge in [-0.05, 0) is 12.1 Å². The van der Waals surface area contributed by atoms with Gasteiger partial charge in [0.25, 0.3) is 10.0 Å². The first-order valence-electron chi connectivity index (χ1n) is 6.50. The van der Waals surface area contributed by atoms with Crippen LogP contribution in [0.5, 0.6) is 0 Å². The summed E-state index contributed by atoms with van der Waals surface area (Å²) in [5.41, 5.74) is -0.235. The fourth-order valence-electron chi connectivity index (χ4n) is 2.04. The fraction of sp³-hybridized carbons (Fsp3) is 0.417. The van der Waals surface area contributed by atoms with Crippen molar-refractivity contribution in [1.82, 2.24) is 9.46 Å². The average molecular weight is 352 g/mol. The molecule has 126 valence electrons. The predicted octanol–water partition coefficient (Wildman–Crippen LogP) is 1.97. The van der Waals surface area contributed by atoms with E-state index in [4.69, 9.17) is 9.15 Å². The maximum Gasteiger partial charge on any atom is 0.452 e. The van der Waals surface area contributed by atoms with Gasteiger partial charge in [-0.15, -0.1) is 0 Å². The van der Waals surface area contributed by atoms with Crippen LogP contribution in [0.1, 0.15) is 5.76 Å². The number of morpholine rings is 1. The second kappa shape index (κ2) is 5.65. The monoisotopic (exact) mass is 352 g/mol. The molecule has 1 saturated heterocycles. The van der Waals surface area contributed by atoms with Gasteiger partial charge < -0.3 is 13.7 Å². The highest BCUT2D eigenvalue weighted by Gasteiger charge is 2.37. The quantitative estimate of drug-likeness (QED) is 0.840. The van der Waals surface area contributed by atoms with Crippen LogP contribution >= 0.6 is 0 Å². The van der Waals surface area contributed by atoms with Gasteiger partial charge in [0.2, 0.25) is 10.9 Å². The first-order valence-corrected chi connectivity index (χ1v) is 7.94. The smallest absolute Gasteiger partial charge is 0.441 e. The van der Waals surface area contributed by atoms with E-state index >= 15 is 0 Å². The average Bonchev–Trinajstić information content (AvgIpc) is 3.16. The van der Waals surface area contributed by atoms with E-state index in [9.17, 15) is 21.6 Å². The molecule has 0 N–H and O–H groups in total. The minimum atomic E-state index is -4.68. The molecule has 3 rings (SSSR count). The number of hydrogen-bond donors (Lipinski definition) is 0. The summed E-state index contributed by atoms with van der Waals surface area (Å²) in [5, 5.41) is 2.87. The lowest BCUT2D eigenvalue weighted by Crippen LogP contribution is -2.40. The molecule has 23 heavy (non-hydrogen) atoms. The third-order valence-electron chi connectivity index (χ3n) is 3.19. The highest BCUT2D eigenvalue weighted by atomic mass is 32.2. The van der Waals surface area contributed by atoms with Gasteiger partial charge in [-0.1, -0.05) is 5.16 Å². The van der Waals surface area contributed by atoms with Gasteiger partial charge in [0.05, 0.1) is 13.2 Å². The van der Waals surface area contributed by atoms with Gasteiger partial charge in [0.1, 0.15) is 5.69 Å². The zero-order valence-corrected chi connectivity index (χ0v) is 12.4. The summed E-state index contributed by atoms with van der Waals surface area (Å²) in [6, 6.07) is 3.04. The van der Waals surface area contributed by atoms with Crippen molar-refractivity contribution in [2.45, 2.75) is 11.3 Å². The van der Waals surface area contributed by atoms with Crippen molar-refractivity contribution < 1.29 is 35.3 Å². The van der Waals surface area contributed by atoms with E-state index in [0.29, 0.717) is 6.07 Å². The Kier molecular flexibility index (Phi) is 3.94. The molecule has 0 amide bonds. The minimum Gasteiger partial charge on any atom is -0.441 e. The largest absolute Gasteiger partial charge is 0.452 e. The van der Waals surface area contributed by atoms with Crippen LogP contribution in [-0.4, -0.2) is 44.2 Å². The maximum absolute atomic E-state index is 12.5. The van der Waals surface area contributed by atoms with Gasteiger partial charge in [0.15, 0.2) is 5.76 Å². The number of furan rings is 1. The molecule has 1 aliphatic rings. The van der Waals surface area contributed by atoms with Crippen LogP contribution in [0, 0.1) is 0 Å². The van der Waals surface area contributed by atoms with E-state index in [1.807, 2.05) is 0 Å². The number of rotatable bonds is 3. The van der Waals surface area contributed by atoms with Crippen LogP contribution in [0.15, 0.2) is 32.2 Å². The summed E-state index contributed by atoms with van der Waals surface area (Å²) in [7, 11) is -3.86. The molecule has 3 heterocycles. The molecule has 11 heteroatoms. The molecule has 1 fully saturated rings. The zero-order chi connectivity index (χ0) is 16.7. The molecule has 1 aliphatic heterocycles. The van der Waals surface area contributed by atoms with Crippen LogP contribution in [0.2, 0.25) is 0 Å². The van der Waals surface area contributed by atoms with Crippen LogP contribution in [-0.2, 0) is 20.9 Å². The molecule has 0 aliphatic carbocycles. The Balaban J connectivity index is 1.87. The van der Waals surface area contributed by atoms with Crippen molar-refractivity contribution in [3.05, 3.63) is 24.0 Å². The molecular weight excluding hydrogens is 341 g/mol. The number of sulfonamides is 1. The van der Waals surface area contributed by atoms with Gasteiger partial charge in [-0.3, -0.25) is 0 Å². The summed E-state index contributed by atoms with van der Waals surface area (Å²) >= 11 is 0. The van der Waals surface area contributed by atoms with Crippen LogP contribution in [0.3, 0.4) is 0 Å². The number of halogens is 3. The number of hydrogen-bond acceptors (Lipinski definition) is 6. The van der Waals surface area contributed by atoms with E-state index in [2.05, 4.69) is 9.68 Å². The Hall–Kier alpha value is -1.85. The second-order valence-electron chi connectivity index (χ2n) is 4.71. The van der Waals surface area contributed by atoms with Gasteiger partial charge in [-0.25, -0.2) is 8.42 Å². The summed E-state index contributed by atoms with van der Waals surface area (Å²) < 4.78 is 77.7. The molecular formula is C12H11F3N2O5S. The van der Waals surface area contributed by atoms with Crippen molar-refractivity contribution in [2.75, 3.05) is 26.3 Å². The zero-order valence-electron chi connectivity index (χ0n) is 11.5. The number of ether oxygens (including phenoxy) is 1. The summed E-state index contributed by atoms with van der Waals surface area (Å²) in [6.45, 7) is 0.900.